The maximum absolute atomic E-state index is 12.2. The summed E-state index contributed by atoms with van der Waals surface area (Å²) in [6.45, 7) is 4.72. The molecule has 1 aliphatic heterocycles. The van der Waals surface area contributed by atoms with Crippen molar-refractivity contribution < 1.29 is 9.53 Å². The molecule has 7 heteroatoms. The van der Waals surface area contributed by atoms with Crippen LogP contribution in [0.3, 0.4) is 0 Å². The van der Waals surface area contributed by atoms with Crippen LogP contribution in [-0.4, -0.2) is 51.8 Å². The maximum Gasteiger partial charge on any atom is 0.350 e. The van der Waals surface area contributed by atoms with Gasteiger partial charge < -0.3 is 9.64 Å². The monoisotopic (exact) mass is 318 g/mol. The lowest BCUT2D eigenvalue weighted by molar-refractivity contribution is -0.143. The summed E-state index contributed by atoms with van der Waals surface area (Å²) in [4.78, 5) is 26.2. The van der Waals surface area contributed by atoms with Crippen molar-refractivity contribution in [2.45, 2.75) is 26.3 Å². The number of aryl methyl sites for hydroxylation is 1. The summed E-state index contributed by atoms with van der Waals surface area (Å²) in [5.74, 6) is 0.0730. The molecule has 0 aromatic carbocycles. The second-order valence-corrected chi connectivity index (χ2v) is 6.49. The lowest BCUT2D eigenvalue weighted by Crippen LogP contribution is -2.57. The number of carbonyl (C=O) groups excluding carboxylic acids is 1. The molecule has 124 valence electrons. The van der Waals surface area contributed by atoms with Gasteiger partial charge in [0.25, 0.3) is 0 Å². The molecule has 0 bridgehead atoms. The summed E-state index contributed by atoms with van der Waals surface area (Å²) in [5, 5.41) is 4.24. The van der Waals surface area contributed by atoms with Gasteiger partial charge in [-0.25, -0.2) is 9.48 Å². The van der Waals surface area contributed by atoms with Gasteiger partial charge in [-0.05, 0) is 18.6 Å². The van der Waals surface area contributed by atoms with Gasteiger partial charge in [-0.2, -0.15) is 0 Å². The van der Waals surface area contributed by atoms with Crippen molar-refractivity contribution in [2.75, 3.05) is 26.8 Å². The molecule has 1 fully saturated rings. The zero-order valence-electron chi connectivity index (χ0n) is 13.6. The number of pyridine rings is 1. The van der Waals surface area contributed by atoms with Gasteiger partial charge in [0.1, 0.15) is 0 Å². The molecular formula is C16H22N4O3. The Kier molecular flexibility index (Phi) is 4.21. The summed E-state index contributed by atoms with van der Waals surface area (Å²) in [5.41, 5.74) is 0.550. The SMILES string of the molecule is COCCC1(C)CN(C(=O)CCn2nc3ccccn3c2=O)C1. The lowest BCUT2D eigenvalue weighted by atomic mass is 9.79. The molecule has 3 heterocycles. The predicted octanol–water partition coefficient (Wildman–Crippen LogP) is 0.771. The normalized spacial score (nSPS) is 16.5. The fourth-order valence-electron chi connectivity index (χ4n) is 3.03. The van der Waals surface area contributed by atoms with Gasteiger partial charge in [0.05, 0.1) is 6.54 Å². The molecule has 0 atom stereocenters. The predicted molar refractivity (Wildman–Crippen MR) is 85.2 cm³/mol. The average molecular weight is 318 g/mol. The van der Waals surface area contributed by atoms with Crippen LogP contribution in [0, 0.1) is 5.41 Å². The first-order valence-corrected chi connectivity index (χ1v) is 7.83. The summed E-state index contributed by atoms with van der Waals surface area (Å²) >= 11 is 0. The molecule has 0 saturated carbocycles. The van der Waals surface area contributed by atoms with E-state index in [-0.39, 0.29) is 17.0 Å². The zero-order valence-corrected chi connectivity index (χ0v) is 13.6. The standard InChI is InChI=1S/C16H22N4O3/c1-16(7-10-23-2)11-18(12-16)14(21)6-9-20-15(22)19-8-4-3-5-13(19)17-20/h3-5,8H,6-7,9-12H2,1-2H3. The molecule has 1 aliphatic rings. The van der Waals surface area contributed by atoms with Crippen molar-refractivity contribution in [3.05, 3.63) is 34.9 Å². The second kappa shape index (κ2) is 6.16. The molecule has 0 aliphatic carbocycles. The molecule has 1 saturated heterocycles. The van der Waals surface area contributed by atoms with Gasteiger partial charge in [0.2, 0.25) is 5.91 Å². The van der Waals surface area contributed by atoms with Gasteiger partial charge in [-0.1, -0.05) is 13.0 Å². The Labute approximate surface area is 134 Å². The molecule has 2 aromatic heterocycles. The maximum atomic E-state index is 12.2. The van der Waals surface area contributed by atoms with Crippen LogP contribution in [0.25, 0.3) is 5.65 Å². The Morgan fingerprint density at radius 2 is 2.17 bits per heavy atom. The number of methoxy groups -OCH3 is 1. The number of amides is 1. The highest BCUT2D eigenvalue weighted by atomic mass is 16.5. The smallest absolute Gasteiger partial charge is 0.350 e. The van der Waals surface area contributed by atoms with Gasteiger partial charge in [0.15, 0.2) is 5.65 Å². The third kappa shape index (κ3) is 3.14. The molecule has 7 nitrogen and oxygen atoms in total. The fraction of sp³-hybridized carbons (Fsp3) is 0.562. The lowest BCUT2D eigenvalue weighted by Gasteiger charge is -2.48. The number of likely N-dealkylation sites (tertiary alicyclic amines) is 1. The fourth-order valence-corrected chi connectivity index (χ4v) is 3.03. The van der Waals surface area contributed by atoms with Crippen molar-refractivity contribution in [2.24, 2.45) is 5.41 Å². The molecule has 23 heavy (non-hydrogen) atoms. The number of carbonyl (C=O) groups is 1. The number of aromatic nitrogens is 3. The number of rotatable bonds is 6. The van der Waals surface area contributed by atoms with E-state index in [0.717, 1.165) is 26.1 Å². The minimum Gasteiger partial charge on any atom is -0.385 e. The summed E-state index contributed by atoms with van der Waals surface area (Å²) in [6.07, 6.45) is 2.93. The highest BCUT2D eigenvalue weighted by Crippen LogP contribution is 2.33. The van der Waals surface area contributed by atoms with Crippen LogP contribution in [0.4, 0.5) is 0 Å². The zero-order chi connectivity index (χ0) is 16.4. The third-order valence-corrected chi connectivity index (χ3v) is 4.43. The third-order valence-electron chi connectivity index (χ3n) is 4.43. The number of ether oxygens (including phenoxy) is 1. The van der Waals surface area contributed by atoms with Crippen LogP contribution < -0.4 is 5.69 Å². The first kappa shape index (κ1) is 15.7. The summed E-state index contributed by atoms with van der Waals surface area (Å²) in [7, 11) is 1.69. The number of hydrogen-bond donors (Lipinski definition) is 0. The molecule has 0 spiro atoms. The highest BCUT2D eigenvalue weighted by Gasteiger charge is 2.40. The van der Waals surface area contributed by atoms with E-state index in [4.69, 9.17) is 4.74 Å². The van der Waals surface area contributed by atoms with E-state index in [1.807, 2.05) is 11.0 Å². The molecule has 0 N–H and O–H groups in total. The Morgan fingerprint density at radius 3 is 2.87 bits per heavy atom. The van der Waals surface area contributed by atoms with E-state index in [2.05, 4.69) is 12.0 Å². The number of fused-ring (bicyclic) bond motifs is 1. The Hall–Kier alpha value is -2.15. The van der Waals surface area contributed by atoms with E-state index in [0.29, 0.717) is 18.6 Å². The first-order chi connectivity index (χ1) is 11.0. The highest BCUT2D eigenvalue weighted by molar-refractivity contribution is 5.77. The van der Waals surface area contributed by atoms with Crippen molar-refractivity contribution in [1.29, 1.82) is 0 Å². The van der Waals surface area contributed by atoms with E-state index in [9.17, 15) is 9.59 Å². The largest absolute Gasteiger partial charge is 0.385 e. The van der Waals surface area contributed by atoms with Gasteiger partial charge >= 0.3 is 5.69 Å². The van der Waals surface area contributed by atoms with E-state index >= 15 is 0 Å². The van der Waals surface area contributed by atoms with Gasteiger partial charge in [-0.3, -0.25) is 9.20 Å². The Morgan fingerprint density at radius 1 is 1.39 bits per heavy atom. The van der Waals surface area contributed by atoms with Crippen LogP contribution in [0.15, 0.2) is 29.2 Å². The first-order valence-electron chi connectivity index (χ1n) is 7.83. The molecule has 0 radical (unpaired) electrons. The van der Waals surface area contributed by atoms with E-state index in [1.165, 1.54) is 9.08 Å². The van der Waals surface area contributed by atoms with Crippen LogP contribution >= 0.6 is 0 Å². The summed E-state index contributed by atoms with van der Waals surface area (Å²) in [6, 6.07) is 5.39. The van der Waals surface area contributed by atoms with E-state index in [1.54, 1.807) is 25.4 Å². The van der Waals surface area contributed by atoms with Crippen LogP contribution in [0.5, 0.6) is 0 Å². The van der Waals surface area contributed by atoms with Crippen LogP contribution in [-0.2, 0) is 16.1 Å². The van der Waals surface area contributed by atoms with Crippen LogP contribution in [0.1, 0.15) is 19.8 Å². The minimum atomic E-state index is -0.207. The number of hydrogen-bond acceptors (Lipinski definition) is 4. The van der Waals surface area contributed by atoms with Crippen molar-refractivity contribution in [3.63, 3.8) is 0 Å². The molecular weight excluding hydrogens is 296 g/mol. The molecule has 0 unspecified atom stereocenters. The summed E-state index contributed by atoms with van der Waals surface area (Å²) < 4.78 is 7.94. The van der Waals surface area contributed by atoms with Crippen molar-refractivity contribution in [3.8, 4) is 0 Å². The molecule has 3 rings (SSSR count). The second-order valence-electron chi connectivity index (χ2n) is 6.49. The molecule has 1 amide bonds. The van der Waals surface area contributed by atoms with E-state index < -0.39 is 0 Å². The Balaban J connectivity index is 1.55. The number of nitrogens with zero attached hydrogens (tertiary/aromatic N) is 4. The minimum absolute atomic E-state index is 0.0730. The average Bonchev–Trinajstić information content (AvgIpc) is 2.84. The van der Waals surface area contributed by atoms with Crippen molar-refractivity contribution >= 4 is 11.6 Å². The topological polar surface area (TPSA) is 68.8 Å². The Bertz CT molecular complexity index is 758. The van der Waals surface area contributed by atoms with Crippen molar-refractivity contribution in [1.82, 2.24) is 19.1 Å². The van der Waals surface area contributed by atoms with Gasteiger partial charge in [0, 0.05) is 44.8 Å². The van der Waals surface area contributed by atoms with Crippen LogP contribution in [0.2, 0.25) is 0 Å². The quantitative estimate of drug-likeness (QED) is 0.789. The molecule has 2 aromatic rings. The van der Waals surface area contributed by atoms with Gasteiger partial charge in [-0.15, -0.1) is 5.10 Å².